The van der Waals surface area contributed by atoms with Gasteiger partial charge in [-0.2, -0.15) is 22.8 Å². The smallest absolute Gasteiger partial charge is 0.232 e. The van der Waals surface area contributed by atoms with Crippen molar-refractivity contribution < 1.29 is 81.9 Å². The van der Waals surface area contributed by atoms with Crippen LogP contribution in [0.15, 0.2) is 204 Å². The summed E-state index contributed by atoms with van der Waals surface area (Å²) in [5.74, 6) is -7.74. The van der Waals surface area contributed by atoms with E-state index in [4.69, 9.17) is 92.0 Å². The van der Waals surface area contributed by atoms with Crippen LogP contribution in [0.5, 0.6) is 0 Å². The standard InChI is InChI=1S/5C25H25N2O/c2*1-14(2)18-12-17(5)27(7)21(13-18)23-16(4)8-10-19-22-15(3)9-11-20(26-6)25(22)28-24(19)23;1-14(2)18-12-17(5)27(7)21(13-18)22-15(3)8-10-19-20-11-9-16(4)23(26-6)25(20)28-24(19)22;1-14(2)18-12-17(5)27(7)22(13-18)23-16(4)8-9-19-20-10-15(3)11-21(26-6)24(20)28-25(19)23;1-14(2)18-12-17(5)27(7)21(13-18)23-16(4)11-15(3)22-19-9-8-10-20(26-6)24(19)28-25(22)23/h5*8-14H,1-5,7H3/q5*+1/i3D3,12D,13D,14D;1D3,3D3,14D;2*1D3,14D;3D3,12D,13D,14D. The molecular weight excluding hydrogens is 1720 g/mol. The number of furan rings is 5. The fourth-order valence-corrected chi connectivity index (χ4v) is 18.5. The van der Waals surface area contributed by atoms with Gasteiger partial charge in [0.05, 0.1) is 66.2 Å². The van der Waals surface area contributed by atoms with Crippen molar-refractivity contribution in [2.24, 2.45) is 35.2 Å². The summed E-state index contributed by atoms with van der Waals surface area (Å²) in [6, 6.07) is 46.3. The van der Waals surface area contributed by atoms with Crippen LogP contribution in [0, 0.1) is 137 Å². The molecule has 0 bridgehead atoms. The Balaban J connectivity index is 0.000000146. The third-order valence-corrected chi connectivity index (χ3v) is 26.7. The van der Waals surface area contributed by atoms with E-state index in [1.807, 2.05) is 158 Å². The lowest BCUT2D eigenvalue weighted by Crippen LogP contribution is -2.35. The number of para-hydroxylation sites is 1. The molecule has 10 aromatic heterocycles. The highest BCUT2D eigenvalue weighted by molar-refractivity contribution is 6.19. The molecule has 15 nitrogen and oxygen atoms in total. The lowest BCUT2D eigenvalue weighted by Gasteiger charge is -2.12. The van der Waals surface area contributed by atoms with E-state index in [0.717, 1.165) is 94.5 Å². The largest absolute Gasteiger partial charge is 0.466 e. The van der Waals surface area contributed by atoms with Gasteiger partial charge in [-0.15, -0.1) is 0 Å². The Morgan fingerprint density at radius 1 is 0.264 bits per heavy atom. The predicted octanol–water partition coefficient (Wildman–Crippen LogP) is 33.4. The number of pyridine rings is 5. The van der Waals surface area contributed by atoms with E-state index in [9.17, 15) is 0 Å². The first-order valence-corrected chi connectivity index (χ1v) is 45.6. The maximum absolute atomic E-state index is 9.02. The summed E-state index contributed by atoms with van der Waals surface area (Å²) >= 11 is 0. The molecule has 0 spiro atoms. The summed E-state index contributed by atoms with van der Waals surface area (Å²) in [4.78, 5) is 17.9. The van der Waals surface area contributed by atoms with Gasteiger partial charge in [0.1, 0.15) is 91.1 Å². The molecule has 0 saturated heterocycles. The molecule has 700 valence electrons. The van der Waals surface area contributed by atoms with Gasteiger partial charge in [0.25, 0.3) is 0 Å². The van der Waals surface area contributed by atoms with Crippen LogP contribution < -0.4 is 22.8 Å². The fraction of sp³-hybridized carbons (Fsp3) is 0.280. The van der Waals surface area contributed by atoms with Crippen molar-refractivity contribution in [3.63, 3.8) is 0 Å². The van der Waals surface area contributed by atoms with E-state index < -0.39 is 70.6 Å². The van der Waals surface area contributed by atoms with E-state index in [0.29, 0.717) is 156 Å². The van der Waals surface area contributed by atoms with Crippen LogP contribution in [0.1, 0.15) is 247 Å². The number of aryl methyl sites for hydroxylation is 13. The molecule has 3 unspecified atom stereocenters. The van der Waals surface area contributed by atoms with Crippen molar-refractivity contribution in [2.45, 2.75) is 202 Å². The number of hydrogen-bond acceptors (Lipinski definition) is 5. The summed E-state index contributed by atoms with van der Waals surface area (Å²) in [7, 11) is 9.18. The molecule has 0 N–H and O–H groups in total. The van der Waals surface area contributed by atoms with Crippen LogP contribution >= 0.6 is 0 Å². The molecule has 0 aliphatic heterocycles. The minimum atomic E-state index is -2.55. The van der Waals surface area contributed by atoms with E-state index >= 15 is 0 Å². The molecule has 0 radical (unpaired) electrons. The number of rotatable bonds is 10. The number of nitrogens with zero attached hydrogens (tertiary/aromatic N) is 10. The Labute approximate surface area is 860 Å². The van der Waals surface area contributed by atoms with E-state index in [-0.39, 0.29) is 80.2 Å². The average molecular weight is 1870 g/mol. The first kappa shape index (κ1) is 68.4. The maximum Gasteiger partial charge on any atom is 0.232 e. The second kappa shape index (κ2) is 38.4. The van der Waals surface area contributed by atoms with Crippen molar-refractivity contribution in [3.05, 3.63) is 351 Å². The van der Waals surface area contributed by atoms with Gasteiger partial charge >= 0.3 is 0 Å². The number of fused-ring (bicyclic) bond motifs is 15. The van der Waals surface area contributed by atoms with Crippen molar-refractivity contribution >= 4 is 138 Å². The molecule has 0 amide bonds. The van der Waals surface area contributed by atoms with Crippen molar-refractivity contribution in [2.75, 3.05) is 0 Å². The summed E-state index contributed by atoms with van der Waals surface area (Å²) in [5.41, 5.74) is 24.0. The third kappa shape index (κ3) is 17.2. The molecular formula is C125H125N10O5+5. The zero-order chi connectivity index (χ0) is 124. The zero-order valence-electron chi connectivity index (χ0n) is 110. The highest BCUT2D eigenvalue weighted by Gasteiger charge is 2.33. The SMILES string of the molecule is [2H]C([2H])([2H])C([2H])(C)c1cc(C)[n+](C)c(-c2c(C)ccc3c2oc2c([N+]#[C-])c(C)ccc23)c1.[2H]C([2H])([2H])C([2H])(C)c1cc(C)[n+](C)c(-c2c(C)ccc3c2oc2c([N+]#[C-])cc(C)cc23)c1.[2H]C([2H])([2H])c1ccc([N+]#[C-])c2oc3c(-c4cc(C([2H])(C)C([2H])([2H])[2H])cc(C)[n+]4C)c(C)ccc3c12.[2H]c1c(C([2H])(C)C)c([2H])c(-c2c(C)cc(C([2H])([2H])[2H])c3c2oc2c([N+]#[C-])cccc23)[n+](C)c1C.[2H]c1c(C([2H])(C)C)c([2H])c(-c2c(C)ccc3c2oc2c([N+]#[C-])ccc(C([2H])([2H])[2H])c23)[n+](C)c1C. The molecule has 10 heterocycles. The highest BCUT2D eigenvalue weighted by Crippen LogP contribution is 2.49. The summed E-state index contributed by atoms with van der Waals surface area (Å²) in [5, 5.41) is 6.33. The first-order valence-electron chi connectivity index (χ1n) is 59.1. The minimum Gasteiger partial charge on any atom is -0.466 e. The Hall–Kier alpha value is -15.6. The second-order valence-electron chi connectivity index (χ2n) is 36.6. The van der Waals surface area contributed by atoms with Crippen LogP contribution in [-0.4, -0.2) is 0 Å². The number of benzene rings is 10. The molecule has 0 aliphatic rings. The number of aromatic nitrogens is 5. The van der Waals surface area contributed by atoms with Gasteiger partial charge in [0, 0.05) is 181 Å². The molecule has 0 fully saturated rings. The van der Waals surface area contributed by atoms with Crippen molar-refractivity contribution in [1.29, 1.82) is 0 Å². The number of hydrogen-bond donors (Lipinski definition) is 0. The zero-order valence-corrected chi connectivity index (χ0v) is 83.0. The topological polar surface area (TPSA) is 107 Å². The molecule has 140 heavy (non-hydrogen) atoms. The van der Waals surface area contributed by atoms with Crippen LogP contribution in [-0.2, 0) is 35.2 Å². The highest BCUT2D eigenvalue weighted by atomic mass is 16.3. The minimum absolute atomic E-state index is 0.0231. The van der Waals surface area contributed by atoms with Crippen molar-refractivity contribution in [3.8, 4) is 56.3 Å². The van der Waals surface area contributed by atoms with Crippen LogP contribution in [0.3, 0.4) is 0 Å². The molecule has 15 heteroatoms. The van der Waals surface area contributed by atoms with E-state index in [1.165, 1.54) is 45.0 Å². The average Bonchev–Trinajstić information content (AvgIpc) is 1.58. The Kier molecular flexibility index (Phi) is 18.8. The van der Waals surface area contributed by atoms with Crippen molar-refractivity contribution in [1.82, 2.24) is 0 Å². The normalized spacial score (nSPS) is 16.3. The molecule has 0 aliphatic carbocycles. The third-order valence-electron chi connectivity index (χ3n) is 26.7. The quantitative estimate of drug-likeness (QED) is 0.100. The van der Waals surface area contributed by atoms with Gasteiger partial charge in [0.15, 0.2) is 28.5 Å². The summed E-state index contributed by atoms with van der Waals surface area (Å²) in [6.45, 7) is 56.4. The Morgan fingerprint density at radius 2 is 0.593 bits per heavy atom. The molecule has 20 aromatic rings. The first-order chi connectivity index (χ1) is 77.2. The predicted molar refractivity (Wildman–Crippen MR) is 574 cm³/mol. The summed E-state index contributed by atoms with van der Waals surface area (Å²) < 4.78 is 262. The second-order valence-corrected chi connectivity index (χ2v) is 36.6. The Morgan fingerprint density at radius 3 is 1.00 bits per heavy atom. The van der Waals surface area contributed by atoms with Gasteiger partial charge in [0.2, 0.25) is 56.9 Å². The van der Waals surface area contributed by atoms with Gasteiger partial charge in [-0.1, -0.05) is 190 Å². The van der Waals surface area contributed by atoms with Gasteiger partial charge < -0.3 is 22.1 Å². The molecule has 10 aromatic carbocycles. The van der Waals surface area contributed by atoms with E-state index in [1.54, 1.807) is 144 Å². The van der Waals surface area contributed by atoms with Gasteiger partial charge in [-0.3, -0.25) is 0 Å². The van der Waals surface area contributed by atoms with Crippen LogP contribution in [0.2, 0.25) is 0 Å². The fourth-order valence-electron chi connectivity index (χ4n) is 18.5. The van der Waals surface area contributed by atoms with E-state index in [2.05, 4.69) is 24.2 Å². The Bertz CT molecular complexity index is 10000. The summed E-state index contributed by atoms with van der Waals surface area (Å²) in [6.07, 6.45) is 0. The lowest BCUT2D eigenvalue weighted by molar-refractivity contribution is -0.666. The van der Waals surface area contributed by atoms with Crippen LogP contribution in [0.4, 0.5) is 28.4 Å². The molecule has 0 saturated carbocycles. The maximum atomic E-state index is 9.02. The monoisotopic (exact) mass is 1870 g/mol. The van der Waals surface area contributed by atoms with Gasteiger partial charge in [-0.05, 0) is 182 Å². The molecule has 20 rings (SSSR count). The van der Waals surface area contributed by atoms with Gasteiger partial charge in [-0.25, -0.2) is 24.2 Å². The molecule has 3 atom stereocenters. The lowest BCUT2D eigenvalue weighted by atomic mass is 9.94. The van der Waals surface area contributed by atoms with Crippen LogP contribution in [0.25, 0.3) is 190 Å².